The van der Waals surface area contributed by atoms with Crippen molar-refractivity contribution < 1.29 is 0 Å². The Bertz CT molecular complexity index is 538. The number of aryl methyl sites for hydroxylation is 1. The molecule has 1 aromatic heterocycles. The molecule has 100 valence electrons. The maximum atomic E-state index is 5.89. The molecule has 1 heterocycles. The number of halogens is 1. The average Bonchev–Trinajstić information content (AvgIpc) is 2.41. The van der Waals surface area contributed by atoms with Crippen molar-refractivity contribution in [3.8, 4) is 0 Å². The zero-order valence-electron chi connectivity index (χ0n) is 11.3. The fourth-order valence-electron chi connectivity index (χ4n) is 1.87. The van der Waals surface area contributed by atoms with Gasteiger partial charge in [-0.25, -0.2) is 9.97 Å². The Morgan fingerprint density at radius 1 is 1.11 bits per heavy atom. The Morgan fingerprint density at radius 3 is 2.47 bits per heavy atom. The summed E-state index contributed by atoms with van der Waals surface area (Å²) in [7, 11) is 0. The molecule has 0 fully saturated rings. The second-order valence-corrected chi connectivity index (χ2v) is 4.78. The Morgan fingerprint density at radius 2 is 1.84 bits per heavy atom. The van der Waals surface area contributed by atoms with Crippen molar-refractivity contribution in [1.82, 2.24) is 9.97 Å². The lowest BCUT2D eigenvalue weighted by Crippen LogP contribution is -2.06. The van der Waals surface area contributed by atoms with Gasteiger partial charge >= 0.3 is 0 Å². The van der Waals surface area contributed by atoms with E-state index in [1.807, 2.05) is 30.3 Å². The first-order valence-electron chi connectivity index (χ1n) is 6.56. The van der Waals surface area contributed by atoms with Crippen LogP contribution in [0.2, 0.25) is 5.02 Å². The number of hydrogen-bond donors (Lipinski definition) is 1. The number of nitrogens with one attached hydrogen (secondary N) is 1. The van der Waals surface area contributed by atoms with Crippen LogP contribution in [0.1, 0.15) is 30.9 Å². The third-order valence-electron chi connectivity index (χ3n) is 2.82. The van der Waals surface area contributed by atoms with Crippen LogP contribution >= 0.6 is 11.6 Å². The molecular weight excluding hydrogens is 258 g/mol. The Kier molecular flexibility index (Phi) is 4.74. The summed E-state index contributed by atoms with van der Waals surface area (Å²) in [6, 6.07) is 9.82. The number of aromatic nitrogens is 2. The van der Waals surface area contributed by atoms with Gasteiger partial charge in [0, 0.05) is 29.7 Å². The van der Waals surface area contributed by atoms with Crippen molar-refractivity contribution in [2.45, 2.75) is 26.7 Å². The van der Waals surface area contributed by atoms with E-state index in [9.17, 15) is 0 Å². The largest absolute Gasteiger partial charge is 0.370 e. The summed E-state index contributed by atoms with van der Waals surface area (Å²) in [5.74, 6) is 1.75. The van der Waals surface area contributed by atoms with Crippen LogP contribution in [-0.4, -0.2) is 16.5 Å². The molecule has 2 rings (SSSR count). The topological polar surface area (TPSA) is 37.8 Å². The highest BCUT2D eigenvalue weighted by molar-refractivity contribution is 6.30. The maximum absolute atomic E-state index is 5.89. The minimum Gasteiger partial charge on any atom is -0.370 e. The summed E-state index contributed by atoms with van der Waals surface area (Å²) in [6.45, 7) is 5.03. The molecule has 0 atom stereocenters. The van der Waals surface area contributed by atoms with Gasteiger partial charge in [0.15, 0.2) is 0 Å². The standard InChI is InChI=1S/C15H18ClN3/c1-3-13-10-14(17-4-2)19-15(18-13)9-11-5-7-12(16)8-6-11/h5-8,10H,3-4,9H2,1-2H3,(H,17,18,19). The second kappa shape index (κ2) is 6.53. The molecule has 2 aromatic rings. The molecule has 0 aliphatic carbocycles. The highest BCUT2D eigenvalue weighted by Gasteiger charge is 2.04. The van der Waals surface area contributed by atoms with Crippen molar-refractivity contribution in [2.75, 3.05) is 11.9 Å². The molecule has 0 saturated carbocycles. The van der Waals surface area contributed by atoms with E-state index in [0.29, 0.717) is 0 Å². The molecule has 4 heteroatoms. The minimum absolute atomic E-state index is 0.726. The zero-order chi connectivity index (χ0) is 13.7. The molecule has 19 heavy (non-hydrogen) atoms. The van der Waals surface area contributed by atoms with Gasteiger partial charge in [-0.15, -0.1) is 0 Å². The van der Waals surface area contributed by atoms with Gasteiger partial charge < -0.3 is 5.32 Å². The van der Waals surface area contributed by atoms with E-state index >= 15 is 0 Å². The molecule has 3 nitrogen and oxygen atoms in total. The number of hydrogen-bond acceptors (Lipinski definition) is 3. The molecule has 0 aliphatic rings. The summed E-state index contributed by atoms with van der Waals surface area (Å²) in [5.41, 5.74) is 2.23. The molecule has 1 aromatic carbocycles. The summed E-state index contributed by atoms with van der Waals surface area (Å²) < 4.78 is 0. The van der Waals surface area contributed by atoms with Gasteiger partial charge in [-0.3, -0.25) is 0 Å². The van der Waals surface area contributed by atoms with Gasteiger partial charge in [-0.1, -0.05) is 30.7 Å². The molecule has 1 N–H and O–H groups in total. The predicted octanol–water partition coefficient (Wildman–Crippen LogP) is 3.72. The lowest BCUT2D eigenvalue weighted by atomic mass is 10.1. The van der Waals surface area contributed by atoms with Crippen LogP contribution in [0, 0.1) is 0 Å². The van der Waals surface area contributed by atoms with E-state index < -0.39 is 0 Å². The van der Waals surface area contributed by atoms with Crippen LogP contribution in [-0.2, 0) is 12.8 Å². The van der Waals surface area contributed by atoms with Crippen LogP contribution in [0.4, 0.5) is 5.82 Å². The van der Waals surface area contributed by atoms with E-state index in [1.54, 1.807) is 0 Å². The van der Waals surface area contributed by atoms with E-state index in [2.05, 4.69) is 29.1 Å². The van der Waals surface area contributed by atoms with Gasteiger partial charge in [-0.05, 0) is 31.0 Å². The van der Waals surface area contributed by atoms with Gasteiger partial charge in [-0.2, -0.15) is 0 Å². The van der Waals surface area contributed by atoms with E-state index in [0.717, 1.165) is 41.7 Å². The first kappa shape index (κ1) is 13.8. The maximum Gasteiger partial charge on any atom is 0.135 e. The fourth-order valence-corrected chi connectivity index (χ4v) is 1.99. The van der Waals surface area contributed by atoms with Gasteiger partial charge in [0.05, 0.1) is 0 Å². The van der Waals surface area contributed by atoms with Crippen molar-refractivity contribution in [3.63, 3.8) is 0 Å². The van der Waals surface area contributed by atoms with E-state index in [1.165, 1.54) is 5.56 Å². The normalized spacial score (nSPS) is 10.5. The highest BCUT2D eigenvalue weighted by atomic mass is 35.5. The predicted molar refractivity (Wildman–Crippen MR) is 79.8 cm³/mol. The molecule has 0 saturated heterocycles. The van der Waals surface area contributed by atoms with Crippen LogP contribution in [0.5, 0.6) is 0 Å². The summed E-state index contributed by atoms with van der Waals surface area (Å²) in [4.78, 5) is 9.10. The molecular formula is C15H18ClN3. The van der Waals surface area contributed by atoms with Crippen molar-refractivity contribution in [3.05, 3.63) is 52.4 Å². The average molecular weight is 276 g/mol. The fraction of sp³-hybridized carbons (Fsp3) is 0.333. The summed E-state index contributed by atoms with van der Waals surface area (Å²) in [6.07, 6.45) is 1.64. The lowest BCUT2D eigenvalue weighted by Gasteiger charge is -2.08. The third kappa shape index (κ3) is 3.93. The number of rotatable bonds is 5. The highest BCUT2D eigenvalue weighted by Crippen LogP contribution is 2.14. The monoisotopic (exact) mass is 275 g/mol. The van der Waals surface area contributed by atoms with Crippen molar-refractivity contribution >= 4 is 17.4 Å². The van der Waals surface area contributed by atoms with Crippen molar-refractivity contribution in [2.24, 2.45) is 0 Å². The molecule has 0 aliphatic heterocycles. The lowest BCUT2D eigenvalue weighted by molar-refractivity contribution is 0.903. The molecule has 0 amide bonds. The Labute approximate surface area is 119 Å². The Balaban J connectivity index is 2.23. The van der Waals surface area contributed by atoms with Gasteiger partial charge in [0.25, 0.3) is 0 Å². The smallest absolute Gasteiger partial charge is 0.135 e. The van der Waals surface area contributed by atoms with E-state index in [4.69, 9.17) is 11.6 Å². The first-order chi connectivity index (χ1) is 9.21. The van der Waals surface area contributed by atoms with Crippen molar-refractivity contribution in [1.29, 1.82) is 0 Å². The second-order valence-electron chi connectivity index (χ2n) is 4.35. The minimum atomic E-state index is 0.726. The Hall–Kier alpha value is -1.61. The van der Waals surface area contributed by atoms with Gasteiger partial charge in [0.2, 0.25) is 0 Å². The first-order valence-corrected chi connectivity index (χ1v) is 6.94. The number of nitrogens with zero attached hydrogens (tertiary/aromatic N) is 2. The van der Waals surface area contributed by atoms with Crippen LogP contribution < -0.4 is 5.32 Å². The molecule has 0 spiro atoms. The third-order valence-corrected chi connectivity index (χ3v) is 3.07. The number of benzene rings is 1. The van der Waals surface area contributed by atoms with Gasteiger partial charge in [0.1, 0.15) is 11.6 Å². The number of anilines is 1. The van der Waals surface area contributed by atoms with Crippen LogP contribution in [0.3, 0.4) is 0 Å². The van der Waals surface area contributed by atoms with E-state index in [-0.39, 0.29) is 0 Å². The quantitative estimate of drug-likeness (QED) is 0.904. The SMILES string of the molecule is CCNc1cc(CC)nc(Cc2ccc(Cl)cc2)n1. The van der Waals surface area contributed by atoms with Crippen LogP contribution in [0.25, 0.3) is 0 Å². The summed E-state index contributed by atoms with van der Waals surface area (Å²) in [5, 5.41) is 4.00. The molecule has 0 bridgehead atoms. The van der Waals surface area contributed by atoms with Crippen LogP contribution in [0.15, 0.2) is 30.3 Å². The summed E-state index contributed by atoms with van der Waals surface area (Å²) >= 11 is 5.89. The molecule has 0 unspecified atom stereocenters. The zero-order valence-corrected chi connectivity index (χ0v) is 12.0. The molecule has 0 radical (unpaired) electrons.